The molecule has 7 nitrogen and oxygen atoms in total. The molecule has 8 heteroatoms. The minimum atomic E-state index is -0.0462. The van der Waals surface area contributed by atoms with E-state index in [2.05, 4.69) is 42.2 Å². The zero-order valence-corrected chi connectivity index (χ0v) is 19.5. The van der Waals surface area contributed by atoms with Crippen LogP contribution in [0.15, 0.2) is 52.4 Å². The molecule has 0 bridgehead atoms. The van der Waals surface area contributed by atoms with E-state index >= 15 is 0 Å². The fourth-order valence-electron chi connectivity index (χ4n) is 3.66. The third-order valence-electron chi connectivity index (χ3n) is 5.33. The maximum absolute atomic E-state index is 13.0. The van der Waals surface area contributed by atoms with E-state index < -0.39 is 0 Å². The van der Waals surface area contributed by atoms with Gasteiger partial charge >= 0.3 is 0 Å². The Morgan fingerprint density at radius 1 is 1.03 bits per heavy atom. The molecule has 0 saturated heterocycles. The first-order valence-corrected chi connectivity index (χ1v) is 11.8. The van der Waals surface area contributed by atoms with Gasteiger partial charge in [-0.25, -0.2) is 0 Å². The van der Waals surface area contributed by atoms with Crippen molar-refractivity contribution in [3.63, 3.8) is 0 Å². The van der Waals surface area contributed by atoms with Crippen LogP contribution in [-0.4, -0.2) is 45.2 Å². The summed E-state index contributed by atoms with van der Waals surface area (Å²) < 4.78 is 14.8. The summed E-state index contributed by atoms with van der Waals surface area (Å²) >= 11 is 1.63. The number of methoxy groups -OCH3 is 1. The quantitative estimate of drug-likeness (QED) is 0.265. The van der Waals surface area contributed by atoms with Gasteiger partial charge in [-0.3, -0.25) is 13.8 Å². The molecule has 0 amide bonds. The predicted octanol–water partition coefficient (Wildman–Crippen LogP) is 4.26. The van der Waals surface area contributed by atoms with Gasteiger partial charge in [-0.2, -0.15) is 0 Å². The summed E-state index contributed by atoms with van der Waals surface area (Å²) in [5.74, 6) is 2.34. The van der Waals surface area contributed by atoms with Crippen LogP contribution in [0.25, 0.3) is 16.7 Å². The van der Waals surface area contributed by atoms with Crippen LogP contribution < -0.4 is 10.3 Å². The van der Waals surface area contributed by atoms with E-state index in [0.717, 1.165) is 40.6 Å². The highest BCUT2D eigenvalue weighted by Crippen LogP contribution is 2.23. The van der Waals surface area contributed by atoms with Gasteiger partial charge in [0.1, 0.15) is 5.75 Å². The number of nitrogens with zero attached hydrogens (tertiary/aromatic N) is 4. The Balaban J connectivity index is 1.52. The van der Waals surface area contributed by atoms with Gasteiger partial charge in [0.05, 0.1) is 17.5 Å². The lowest BCUT2D eigenvalue weighted by Gasteiger charge is -2.11. The highest BCUT2D eigenvalue weighted by Gasteiger charge is 2.16. The molecule has 2 aromatic heterocycles. The predicted molar refractivity (Wildman–Crippen MR) is 128 cm³/mol. The van der Waals surface area contributed by atoms with Gasteiger partial charge in [0, 0.05) is 26.0 Å². The molecule has 0 radical (unpaired) electrons. The Hall–Kier alpha value is -2.84. The summed E-state index contributed by atoms with van der Waals surface area (Å²) in [5, 5.41) is 10.2. The Bertz CT molecular complexity index is 1280. The maximum Gasteiger partial charge on any atom is 0.262 e. The van der Waals surface area contributed by atoms with Crippen molar-refractivity contribution in [2.45, 2.75) is 38.4 Å². The molecule has 0 aliphatic heterocycles. The van der Waals surface area contributed by atoms with Crippen LogP contribution in [0.2, 0.25) is 0 Å². The molecule has 0 fully saturated rings. The van der Waals surface area contributed by atoms with Gasteiger partial charge in [-0.1, -0.05) is 36.0 Å². The van der Waals surface area contributed by atoms with E-state index in [1.807, 2.05) is 28.7 Å². The molecule has 0 aliphatic carbocycles. The maximum atomic E-state index is 13.0. The number of hydrogen-bond acceptors (Lipinski definition) is 6. The Morgan fingerprint density at radius 3 is 2.72 bits per heavy atom. The molecule has 0 saturated carbocycles. The van der Waals surface area contributed by atoms with E-state index in [9.17, 15) is 4.79 Å². The minimum absolute atomic E-state index is 0.0462. The number of hydrogen-bond donors (Lipinski definition) is 0. The lowest BCUT2D eigenvalue weighted by atomic mass is 10.1. The van der Waals surface area contributed by atoms with Crippen molar-refractivity contribution >= 4 is 28.4 Å². The van der Waals surface area contributed by atoms with Crippen LogP contribution in [0.1, 0.15) is 24.0 Å². The van der Waals surface area contributed by atoms with Crippen molar-refractivity contribution in [1.82, 2.24) is 19.2 Å². The van der Waals surface area contributed by atoms with E-state index in [0.29, 0.717) is 30.9 Å². The van der Waals surface area contributed by atoms with Crippen LogP contribution >= 0.6 is 11.8 Å². The number of aromatic nitrogens is 4. The molecule has 0 aliphatic rings. The second-order valence-electron chi connectivity index (χ2n) is 7.76. The molecule has 2 heterocycles. The number of rotatable bonds is 10. The molecule has 168 valence electrons. The van der Waals surface area contributed by atoms with E-state index in [4.69, 9.17) is 9.47 Å². The van der Waals surface area contributed by atoms with Gasteiger partial charge in [-0.05, 0) is 56.0 Å². The van der Waals surface area contributed by atoms with Crippen molar-refractivity contribution in [2.75, 3.05) is 26.1 Å². The number of fused-ring (bicyclic) bond motifs is 3. The van der Waals surface area contributed by atoms with Crippen molar-refractivity contribution in [3.05, 3.63) is 63.9 Å². The first-order valence-electron chi connectivity index (χ1n) is 10.8. The molecule has 4 rings (SSSR count). The molecular weight excluding hydrogens is 424 g/mol. The zero-order valence-electron chi connectivity index (χ0n) is 18.7. The van der Waals surface area contributed by atoms with Crippen LogP contribution in [0, 0.1) is 13.8 Å². The lowest BCUT2D eigenvalue weighted by Crippen LogP contribution is -2.24. The van der Waals surface area contributed by atoms with Crippen molar-refractivity contribution < 1.29 is 9.47 Å². The summed E-state index contributed by atoms with van der Waals surface area (Å²) in [4.78, 5) is 13.0. The molecule has 32 heavy (non-hydrogen) atoms. The van der Waals surface area contributed by atoms with Crippen molar-refractivity contribution in [3.8, 4) is 5.75 Å². The second-order valence-corrected chi connectivity index (χ2v) is 8.82. The largest absolute Gasteiger partial charge is 0.493 e. The van der Waals surface area contributed by atoms with Crippen molar-refractivity contribution in [2.24, 2.45) is 0 Å². The summed E-state index contributed by atoms with van der Waals surface area (Å²) in [5.41, 5.74) is 3.12. The topological polar surface area (TPSA) is 70.7 Å². The standard InChI is InChI=1S/C24H28N4O3S/c1-17-10-11-18(2)21(16-17)31-14-7-15-32-24-26-25-23-27(12-6-13-30-3)22(29)19-8-4-5-9-20(19)28(23)24/h4-5,8-11,16H,6-7,12-15H2,1-3H3. The summed E-state index contributed by atoms with van der Waals surface area (Å²) in [7, 11) is 1.66. The van der Waals surface area contributed by atoms with Crippen LogP contribution in [0.4, 0.5) is 0 Å². The fraction of sp³-hybridized carbons (Fsp3) is 0.375. The Kier molecular flexibility index (Phi) is 7.12. The van der Waals surface area contributed by atoms with E-state index in [1.54, 1.807) is 23.4 Å². The van der Waals surface area contributed by atoms with Gasteiger partial charge in [0.2, 0.25) is 5.78 Å². The Labute approximate surface area is 191 Å². The first kappa shape index (κ1) is 22.4. The number of aryl methyl sites for hydroxylation is 3. The van der Waals surface area contributed by atoms with E-state index in [-0.39, 0.29) is 5.56 Å². The summed E-state index contributed by atoms with van der Waals surface area (Å²) in [6.07, 6.45) is 1.60. The smallest absolute Gasteiger partial charge is 0.262 e. The molecule has 4 aromatic rings. The fourth-order valence-corrected chi connectivity index (χ4v) is 4.52. The molecule has 2 aromatic carbocycles. The number of ether oxygens (including phenoxy) is 2. The van der Waals surface area contributed by atoms with Crippen molar-refractivity contribution in [1.29, 1.82) is 0 Å². The van der Waals surface area contributed by atoms with Gasteiger partial charge in [0.25, 0.3) is 5.56 Å². The molecule has 0 unspecified atom stereocenters. The molecule has 0 N–H and O–H groups in total. The van der Waals surface area contributed by atoms with Gasteiger partial charge in [0.15, 0.2) is 5.16 Å². The van der Waals surface area contributed by atoms with Crippen LogP contribution in [0.3, 0.4) is 0 Å². The van der Waals surface area contributed by atoms with Gasteiger partial charge in [-0.15, -0.1) is 10.2 Å². The molecule has 0 atom stereocenters. The molecule has 0 spiro atoms. The number of thioether (sulfide) groups is 1. The summed E-state index contributed by atoms with van der Waals surface area (Å²) in [6, 6.07) is 13.9. The first-order chi connectivity index (χ1) is 15.6. The van der Waals surface area contributed by atoms with Crippen LogP contribution in [-0.2, 0) is 11.3 Å². The summed E-state index contributed by atoms with van der Waals surface area (Å²) in [6.45, 7) is 5.88. The average Bonchev–Trinajstić information content (AvgIpc) is 3.22. The minimum Gasteiger partial charge on any atom is -0.493 e. The number of para-hydroxylation sites is 1. The third kappa shape index (κ3) is 4.66. The highest BCUT2D eigenvalue weighted by molar-refractivity contribution is 7.99. The highest BCUT2D eigenvalue weighted by atomic mass is 32.2. The van der Waals surface area contributed by atoms with E-state index in [1.165, 1.54) is 5.56 Å². The third-order valence-corrected chi connectivity index (χ3v) is 6.34. The average molecular weight is 453 g/mol. The lowest BCUT2D eigenvalue weighted by molar-refractivity contribution is 0.190. The normalized spacial score (nSPS) is 11.5. The van der Waals surface area contributed by atoms with Crippen LogP contribution in [0.5, 0.6) is 5.75 Å². The monoisotopic (exact) mass is 452 g/mol. The Morgan fingerprint density at radius 2 is 1.88 bits per heavy atom. The second kappa shape index (κ2) is 10.2. The SMILES string of the molecule is COCCCn1c(=O)c2ccccc2n2c(SCCCOc3cc(C)ccc3C)nnc12. The molecular formula is C24H28N4O3S. The van der Waals surface area contributed by atoms with Gasteiger partial charge < -0.3 is 9.47 Å². The number of benzene rings is 2. The zero-order chi connectivity index (χ0) is 22.5.